The third kappa shape index (κ3) is 3.58. The van der Waals surface area contributed by atoms with Crippen LogP contribution in [-0.4, -0.2) is 61.9 Å². The molecule has 0 amide bonds. The summed E-state index contributed by atoms with van der Waals surface area (Å²) in [5.41, 5.74) is -3.81. The number of hydrogen-bond acceptors (Lipinski definition) is 6. The van der Waals surface area contributed by atoms with E-state index in [2.05, 4.69) is 0 Å². The fourth-order valence-electron chi connectivity index (χ4n) is 2.29. The predicted octanol–water partition coefficient (Wildman–Crippen LogP) is -1.11. The SMILES string of the molecule is O=c1[nH]c(=O)n([C@@H]2O[C@H](CO)[C@@H](O)[C@H]2O)cc1CC(F)(F)C(F)(F)F. The van der Waals surface area contributed by atoms with Crippen molar-refractivity contribution in [3.05, 3.63) is 32.6 Å². The number of nitrogens with zero attached hydrogens (tertiary/aromatic N) is 1. The Hall–Kier alpha value is -1.83. The second kappa shape index (κ2) is 6.48. The van der Waals surface area contributed by atoms with Crippen LogP contribution in [0.2, 0.25) is 0 Å². The number of rotatable bonds is 4. The molecule has 142 valence electrons. The number of hydrogen-bond donors (Lipinski definition) is 4. The molecule has 1 saturated heterocycles. The second-order valence-electron chi connectivity index (χ2n) is 5.43. The van der Waals surface area contributed by atoms with Crippen LogP contribution in [0.1, 0.15) is 11.8 Å². The Balaban J connectivity index is 2.43. The summed E-state index contributed by atoms with van der Waals surface area (Å²) in [4.78, 5) is 24.8. The monoisotopic (exact) mass is 376 g/mol. The minimum atomic E-state index is -5.91. The first-order valence-electron chi connectivity index (χ1n) is 6.80. The van der Waals surface area contributed by atoms with Gasteiger partial charge in [-0.3, -0.25) is 14.3 Å². The summed E-state index contributed by atoms with van der Waals surface area (Å²) in [6.45, 7) is -0.758. The van der Waals surface area contributed by atoms with Crippen LogP contribution in [0.15, 0.2) is 15.8 Å². The maximum absolute atomic E-state index is 13.1. The van der Waals surface area contributed by atoms with E-state index in [0.29, 0.717) is 10.8 Å². The van der Waals surface area contributed by atoms with Gasteiger partial charge in [0.25, 0.3) is 5.56 Å². The molecule has 1 fully saturated rings. The van der Waals surface area contributed by atoms with Crippen LogP contribution in [0.3, 0.4) is 0 Å². The van der Waals surface area contributed by atoms with Gasteiger partial charge in [0.2, 0.25) is 0 Å². The van der Waals surface area contributed by atoms with Crippen LogP contribution in [0.4, 0.5) is 22.0 Å². The molecule has 13 heteroatoms. The lowest BCUT2D eigenvalue weighted by atomic mass is 10.1. The molecule has 1 aliphatic heterocycles. The van der Waals surface area contributed by atoms with Gasteiger partial charge < -0.3 is 20.1 Å². The first-order chi connectivity index (χ1) is 11.4. The van der Waals surface area contributed by atoms with Crippen molar-refractivity contribution in [2.45, 2.75) is 43.1 Å². The van der Waals surface area contributed by atoms with Crippen molar-refractivity contribution in [1.82, 2.24) is 9.55 Å². The van der Waals surface area contributed by atoms with E-state index in [1.54, 1.807) is 4.98 Å². The van der Waals surface area contributed by atoms with Gasteiger partial charge in [-0.15, -0.1) is 0 Å². The topological polar surface area (TPSA) is 125 Å². The number of ether oxygens (including phenoxy) is 1. The molecule has 0 unspecified atom stereocenters. The predicted molar refractivity (Wildman–Crippen MR) is 69.0 cm³/mol. The van der Waals surface area contributed by atoms with Crippen molar-refractivity contribution in [2.24, 2.45) is 0 Å². The van der Waals surface area contributed by atoms with Crippen molar-refractivity contribution in [2.75, 3.05) is 6.61 Å². The lowest BCUT2D eigenvalue weighted by Crippen LogP contribution is -2.43. The maximum atomic E-state index is 13.1. The number of halogens is 5. The van der Waals surface area contributed by atoms with E-state index in [9.17, 15) is 41.8 Å². The summed E-state index contributed by atoms with van der Waals surface area (Å²) in [6.07, 6.45) is -14.0. The summed E-state index contributed by atoms with van der Waals surface area (Å²) in [7, 11) is 0. The summed E-state index contributed by atoms with van der Waals surface area (Å²) in [5.74, 6) is -5.23. The number of nitrogens with one attached hydrogen (secondary N) is 1. The van der Waals surface area contributed by atoms with Crippen LogP contribution >= 0.6 is 0 Å². The van der Waals surface area contributed by atoms with Gasteiger partial charge in [0.15, 0.2) is 6.23 Å². The largest absolute Gasteiger partial charge is 0.453 e. The van der Waals surface area contributed by atoms with Crippen molar-refractivity contribution >= 4 is 0 Å². The molecule has 2 rings (SSSR count). The summed E-state index contributed by atoms with van der Waals surface area (Å²) in [5, 5.41) is 28.4. The van der Waals surface area contributed by atoms with Gasteiger partial charge in [0, 0.05) is 11.8 Å². The highest BCUT2D eigenvalue weighted by atomic mass is 19.4. The maximum Gasteiger partial charge on any atom is 0.453 e. The van der Waals surface area contributed by atoms with Gasteiger partial charge in [0.1, 0.15) is 18.3 Å². The van der Waals surface area contributed by atoms with E-state index >= 15 is 0 Å². The lowest BCUT2D eigenvalue weighted by molar-refractivity contribution is -0.281. The minimum absolute atomic E-state index is 0.368. The Morgan fingerprint density at radius 2 is 1.76 bits per heavy atom. The Bertz CT molecular complexity index is 745. The Labute approximate surface area is 135 Å². The van der Waals surface area contributed by atoms with E-state index in [0.717, 1.165) is 0 Å². The lowest BCUT2D eigenvalue weighted by Gasteiger charge is -2.21. The summed E-state index contributed by atoms with van der Waals surface area (Å²) >= 11 is 0. The molecular formula is C12H13F5N2O6. The van der Waals surface area contributed by atoms with Gasteiger partial charge >= 0.3 is 17.8 Å². The molecule has 4 atom stereocenters. The minimum Gasteiger partial charge on any atom is -0.394 e. The van der Waals surface area contributed by atoms with Gasteiger partial charge in [-0.1, -0.05) is 0 Å². The van der Waals surface area contributed by atoms with E-state index < -0.39 is 66.5 Å². The second-order valence-corrected chi connectivity index (χ2v) is 5.43. The molecule has 1 aliphatic rings. The van der Waals surface area contributed by atoms with Crippen molar-refractivity contribution in [3.8, 4) is 0 Å². The first kappa shape index (κ1) is 19.5. The van der Waals surface area contributed by atoms with Crippen molar-refractivity contribution in [3.63, 3.8) is 0 Å². The van der Waals surface area contributed by atoms with Gasteiger partial charge in [-0.2, -0.15) is 22.0 Å². The molecule has 0 saturated carbocycles. The first-order valence-corrected chi connectivity index (χ1v) is 6.80. The zero-order valence-electron chi connectivity index (χ0n) is 12.2. The molecule has 0 spiro atoms. The zero-order chi connectivity index (χ0) is 19.2. The van der Waals surface area contributed by atoms with Crippen LogP contribution < -0.4 is 11.2 Å². The molecule has 2 heterocycles. The van der Waals surface area contributed by atoms with Gasteiger partial charge in [-0.25, -0.2) is 4.79 Å². The van der Waals surface area contributed by atoms with Crippen LogP contribution in [0, 0.1) is 0 Å². The Morgan fingerprint density at radius 1 is 1.16 bits per heavy atom. The number of aromatic amines is 1. The molecule has 0 bridgehead atoms. The highest BCUT2D eigenvalue weighted by Crippen LogP contribution is 2.37. The van der Waals surface area contributed by atoms with E-state index in [1.165, 1.54) is 0 Å². The van der Waals surface area contributed by atoms with Crippen molar-refractivity contribution in [1.29, 1.82) is 0 Å². The number of alkyl halides is 5. The van der Waals surface area contributed by atoms with Crippen LogP contribution in [0.5, 0.6) is 0 Å². The molecule has 25 heavy (non-hydrogen) atoms. The average Bonchev–Trinajstić information content (AvgIpc) is 2.76. The fraction of sp³-hybridized carbons (Fsp3) is 0.667. The molecule has 1 aromatic rings. The fourth-order valence-corrected chi connectivity index (χ4v) is 2.29. The van der Waals surface area contributed by atoms with E-state index in [1.807, 2.05) is 0 Å². The van der Waals surface area contributed by atoms with Gasteiger partial charge in [0.05, 0.1) is 13.0 Å². The average molecular weight is 376 g/mol. The highest BCUT2D eigenvalue weighted by Gasteiger charge is 2.57. The van der Waals surface area contributed by atoms with Crippen LogP contribution in [0.25, 0.3) is 0 Å². The van der Waals surface area contributed by atoms with Crippen LogP contribution in [-0.2, 0) is 11.2 Å². The summed E-state index contributed by atoms with van der Waals surface area (Å²) in [6, 6.07) is 0. The molecule has 0 radical (unpaired) electrons. The van der Waals surface area contributed by atoms with Crippen molar-refractivity contribution < 1.29 is 42.0 Å². The molecule has 0 aliphatic carbocycles. The third-order valence-electron chi connectivity index (χ3n) is 3.66. The number of H-pyrrole nitrogens is 1. The quantitative estimate of drug-likeness (QED) is 0.494. The number of aromatic nitrogens is 2. The van der Waals surface area contributed by atoms with Gasteiger partial charge in [-0.05, 0) is 0 Å². The van der Waals surface area contributed by atoms with E-state index in [-0.39, 0.29) is 0 Å². The molecular weight excluding hydrogens is 363 g/mol. The highest BCUT2D eigenvalue weighted by molar-refractivity contribution is 5.09. The molecule has 8 nitrogen and oxygen atoms in total. The molecule has 4 N–H and O–H groups in total. The Kier molecular flexibility index (Phi) is 5.05. The summed E-state index contributed by atoms with van der Waals surface area (Å²) < 4.78 is 68.5. The third-order valence-corrected chi connectivity index (χ3v) is 3.66. The molecule has 1 aromatic heterocycles. The smallest absolute Gasteiger partial charge is 0.394 e. The molecule has 0 aromatic carbocycles. The standard InChI is InChI=1S/C12H13F5N2O6/c13-11(14,12(15,16)17)1-4-2-19(10(24)18-8(4)23)9-7(22)6(21)5(3-20)25-9/h2,5-7,9,20-22H,1,3H2,(H,18,23,24)/t5-,6-,7-,9-/m1/s1. The number of aliphatic hydroxyl groups excluding tert-OH is 3. The Morgan fingerprint density at radius 3 is 2.24 bits per heavy atom. The van der Waals surface area contributed by atoms with E-state index in [4.69, 9.17) is 9.84 Å². The zero-order valence-corrected chi connectivity index (χ0v) is 12.2. The normalized spacial score (nSPS) is 27.7. The number of aliphatic hydroxyl groups is 3.